The molecule has 0 amide bonds. The molecule has 1 aromatic carbocycles. The summed E-state index contributed by atoms with van der Waals surface area (Å²) < 4.78 is 0. The maximum Gasteiger partial charge on any atom is 0.178 e. The van der Waals surface area contributed by atoms with Gasteiger partial charge in [0.05, 0.1) is 16.6 Å². The number of hydrogen-bond acceptors (Lipinski definition) is 4. The highest BCUT2D eigenvalue weighted by molar-refractivity contribution is 5.99. The van der Waals surface area contributed by atoms with E-state index in [4.69, 9.17) is 10.7 Å². The molecule has 4 aromatic rings. The summed E-state index contributed by atoms with van der Waals surface area (Å²) in [6.45, 7) is 6.30. The van der Waals surface area contributed by atoms with E-state index in [-0.39, 0.29) is 5.41 Å². The topological polar surface area (TPSA) is 96.3 Å². The number of nitrogen functional groups attached to an aromatic ring is 1. The highest BCUT2D eigenvalue weighted by Crippen LogP contribution is 2.37. The first-order valence-electron chi connectivity index (χ1n) is 10.0. The molecule has 1 aliphatic rings. The van der Waals surface area contributed by atoms with Gasteiger partial charge in [0.15, 0.2) is 11.5 Å². The van der Waals surface area contributed by atoms with E-state index in [1.165, 1.54) is 19.3 Å². The van der Waals surface area contributed by atoms with Crippen molar-refractivity contribution in [3.05, 3.63) is 35.8 Å². The van der Waals surface area contributed by atoms with Gasteiger partial charge in [-0.1, -0.05) is 18.3 Å². The summed E-state index contributed by atoms with van der Waals surface area (Å²) >= 11 is 0. The van der Waals surface area contributed by atoms with E-state index in [1.807, 2.05) is 12.3 Å². The molecule has 6 nitrogen and oxygen atoms in total. The summed E-state index contributed by atoms with van der Waals surface area (Å²) in [5.41, 5.74) is 11.6. The minimum atomic E-state index is -0.0983. The number of imidazole rings is 1. The third-order valence-corrected chi connectivity index (χ3v) is 5.49. The van der Waals surface area contributed by atoms with E-state index in [0.29, 0.717) is 11.7 Å². The quantitative estimate of drug-likeness (QED) is 0.435. The zero-order valence-corrected chi connectivity index (χ0v) is 16.9. The molecule has 0 bridgehead atoms. The average Bonchev–Trinajstić information content (AvgIpc) is 3.21. The summed E-state index contributed by atoms with van der Waals surface area (Å²) in [7, 11) is 0. The Kier molecular flexibility index (Phi) is 3.88. The lowest BCUT2D eigenvalue weighted by atomic mass is 9.85. The number of anilines is 1. The van der Waals surface area contributed by atoms with Gasteiger partial charge in [0.2, 0.25) is 0 Å². The lowest BCUT2D eigenvalue weighted by molar-refractivity contribution is 0.404. The number of fused-ring (bicyclic) bond motifs is 2. The zero-order valence-electron chi connectivity index (χ0n) is 16.9. The van der Waals surface area contributed by atoms with Crippen LogP contribution in [0.2, 0.25) is 0 Å². The fraction of sp³-hybridized carbons (Fsp3) is 0.348. The molecule has 0 aliphatic heterocycles. The molecule has 6 heteroatoms. The second-order valence-corrected chi connectivity index (χ2v) is 8.86. The van der Waals surface area contributed by atoms with E-state index in [1.54, 1.807) is 0 Å². The number of benzene rings is 1. The van der Waals surface area contributed by atoms with Crippen LogP contribution in [0.1, 0.15) is 57.3 Å². The molecular formula is C23H24N6. The van der Waals surface area contributed by atoms with Gasteiger partial charge in [0.25, 0.3) is 0 Å². The number of nitrogens with one attached hydrogen (secondary N) is 2. The normalized spacial score (nSPS) is 14.7. The van der Waals surface area contributed by atoms with Crippen molar-refractivity contribution in [3.63, 3.8) is 0 Å². The molecule has 1 saturated carbocycles. The largest absolute Gasteiger partial charge is 0.382 e. The third kappa shape index (κ3) is 3.13. The number of hydrogen-bond donors (Lipinski definition) is 3. The number of nitrogens with two attached hydrogens (primary N) is 1. The van der Waals surface area contributed by atoms with E-state index < -0.39 is 0 Å². The van der Waals surface area contributed by atoms with Crippen LogP contribution in [0.4, 0.5) is 5.82 Å². The van der Waals surface area contributed by atoms with E-state index >= 15 is 0 Å². The molecule has 3 heterocycles. The number of aromatic nitrogens is 5. The summed E-state index contributed by atoms with van der Waals surface area (Å²) in [5.74, 6) is 8.69. The van der Waals surface area contributed by atoms with E-state index in [9.17, 15) is 0 Å². The Bertz CT molecular complexity index is 1290. The van der Waals surface area contributed by atoms with Gasteiger partial charge in [-0.2, -0.15) is 5.10 Å². The summed E-state index contributed by atoms with van der Waals surface area (Å²) in [6.07, 6.45) is 5.47. The molecule has 0 spiro atoms. The highest BCUT2D eigenvalue weighted by atomic mass is 15.1. The molecule has 0 radical (unpaired) electrons. The molecule has 0 unspecified atom stereocenters. The predicted molar refractivity (Wildman–Crippen MR) is 116 cm³/mol. The van der Waals surface area contributed by atoms with Gasteiger partial charge in [0.1, 0.15) is 5.82 Å². The van der Waals surface area contributed by atoms with Crippen LogP contribution < -0.4 is 5.73 Å². The standard InChI is InChI=1S/C23H24N6/c1-23(2,3)9-7-14-11-15(12-17-18(14)28-29-20(17)24)16-8-10-25-22-19(16)26-21(27-22)13-5-4-6-13/h8,10-13H,4-6H2,1-3H3,(H3,24,28,29)(H,25,26,27). The molecule has 4 N–H and O–H groups in total. The van der Waals surface area contributed by atoms with Gasteiger partial charge >= 0.3 is 0 Å². The number of pyridine rings is 1. The van der Waals surface area contributed by atoms with Crippen LogP contribution in [0.15, 0.2) is 24.4 Å². The van der Waals surface area contributed by atoms with Crippen molar-refractivity contribution >= 4 is 27.9 Å². The van der Waals surface area contributed by atoms with Crippen LogP contribution in [-0.4, -0.2) is 25.1 Å². The van der Waals surface area contributed by atoms with Crippen molar-refractivity contribution in [1.29, 1.82) is 0 Å². The number of rotatable bonds is 2. The number of H-pyrrole nitrogens is 2. The fourth-order valence-electron chi connectivity index (χ4n) is 3.69. The lowest BCUT2D eigenvalue weighted by Crippen LogP contribution is -2.10. The van der Waals surface area contributed by atoms with Crippen molar-refractivity contribution in [3.8, 4) is 23.0 Å². The Morgan fingerprint density at radius 3 is 2.72 bits per heavy atom. The smallest absolute Gasteiger partial charge is 0.178 e. The first-order valence-corrected chi connectivity index (χ1v) is 10.0. The molecule has 5 rings (SSSR count). The van der Waals surface area contributed by atoms with Gasteiger partial charge < -0.3 is 10.7 Å². The van der Waals surface area contributed by atoms with Crippen molar-refractivity contribution in [2.24, 2.45) is 5.41 Å². The summed E-state index contributed by atoms with van der Waals surface area (Å²) in [4.78, 5) is 12.8. The first-order chi connectivity index (χ1) is 13.9. The van der Waals surface area contributed by atoms with Crippen molar-refractivity contribution < 1.29 is 0 Å². The minimum absolute atomic E-state index is 0.0983. The van der Waals surface area contributed by atoms with Crippen LogP contribution >= 0.6 is 0 Å². The van der Waals surface area contributed by atoms with Crippen molar-refractivity contribution in [2.45, 2.75) is 46.0 Å². The molecule has 146 valence electrons. The third-order valence-electron chi connectivity index (χ3n) is 5.49. The van der Waals surface area contributed by atoms with Crippen molar-refractivity contribution in [1.82, 2.24) is 25.1 Å². The molecule has 0 atom stereocenters. The number of aromatic amines is 2. The molecule has 1 aliphatic carbocycles. The monoisotopic (exact) mass is 384 g/mol. The van der Waals surface area contributed by atoms with Gasteiger partial charge in [-0.05, 0) is 57.4 Å². The fourth-order valence-corrected chi connectivity index (χ4v) is 3.69. The second-order valence-electron chi connectivity index (χ2n) is 8.86. The summed E-state index contributed by atoms with van der Waals surface area (Å²) in [6, 6.07) is 6.18. The van der Waals surface area contributed by atoms with Crippen LogP contribution in [-0.2, 0) is 0 Å². The van der Waals surface area contributed by atoms with Crippen LogP contribution in [0.5, 0.6) is 0 Å². The highest BCUT2D eigenvalue weighted by Gasteiger charge is 2.24. The first kappa shape index (κ1) is 17.7. The predicted octanol–water partition coefficient (Wildman–Crippen LogP) is 4.75. The van der Waals surface area contributed by atoms with Crippen LogP contribution in [0.25, 0.3) is 33.2 Å². The Morgan fingerprint density at radius 1 is 1.17 bits per heavy atom. The average molecular weight is 384 g/mol. The Hall–Kier alpha value is -3.33. The van der Waals surface area contributed by atoms with Gasteiger partial charge in [-0.15, -0.1) is 0 Å². The number of nitrogens with zero attached hydrogens (tertiary/aromatic N) is 3. The Labute approximate surface area is 169 Å². The maximum absolute atomic E-state index is 6.13. The Balaban J connectivity index is 1.71. The summed E-state index contributed by atoms with van der Waals surface area (Å²) in [5, 5.41) is 8.11. The Morgan fingerprint density at radius 2 is 2.00 bits per heavy atom. The molecule has 29 heavy (non-hydrogen) atoms. The SMILES string of the molecule is CC(C)(C)C#Cc1cc(-c2ccnc3nc(C4CCC4)[nH]c23)cc2c(N)n[nH]c12. The lowest BCUT2D eigenvalue weighted by Gasteiger charge is -2.22. The van der Waals surface area contributed by atoms with Crippen molar-refractivity contribution in [2.75, 3.05) is 5.73 Å². The molecular weight excluding hydrogens is 360 g/mol. The zero-order chi connectivity index (χ0) is 20.2. The van der Waals surface area contributed by atoms with Crippen LogP contribution in [0, 0.1) is 17.3 Å². The van der Waals surface area contributed by atoms with Crippen LogP contribution in [0.3, 0.4) is 0 Å². The van der Waals surface area contributed by atoms with E-state index in [0.717, 1.165) is 44.6 Å². The van der Waals surface area contributed by atoms with Gasteiger partial charge in [-0.25, -0.2) is 9.97 Å². The van der Waals surface area contributed by atoms with Gasteiger partial charge in [0, 0.05) is 28.5 Å². The second kappa shape index (κ2) is 6.35. The van der Waals surface area contributed by atoms with Gasteiger partial charge in [-0.3, -0.25) is 5.10 Å². The molecule has 3 aromatic heterocycles. The minimum Gasteiger partial charge on any atom is -0.382 e. The molecule has 0 saturated heterocycles. The van der Waals surface area contributed by atoms with E-state index in [2.05, 4.69) is 64.9 Å². The molecule has 1 fully saturated rings. The maximum atomic E-state index is 6.13.